The highest BCUT2D eigenvalue weighted by atomic mass is 35.6. The molecule has 104 valence electrons. The first-order valence-electron chi connectivity index (χ1n) is 5.20. The van der Waals surface area contributed by atoms with Crippen LogP contribution in [-0.4, -0.2) is 19.9 Å². The van der Waals surface area contributed by atoms with Crippen molar-refractivity contribution in [2.75, 3.05) is 0 Å². The molecule has 0 spiro atoms. The van der Waals surface area contributed by atoms with E-state index in [2.05, 4.69) is 5.48 Å². The Balaban J connectivity index is 2.20. The maximum Gasteiger partial charge on any atom is 0.269 e. The molecule has 0 aliphatic carbocycles. The van der Waals surface area contributed by atoms with Gasteiger partial charge in [0.15, 0.2) is 0 Å². The van der Waals surface area contributed by atoms with Gasteiger partial charge in [-0.3, -0.25) is 15.0 Å². The zero-order chi connectivity index (χ0) is 14.3. The molecule has 0 unspecified atom stereocenters. The van der Waals surface area contributed by atoms with Crippen LogP contribution in [0.5, 0.6) is 0 Å². The highest BCUT2D eigenvalue weighted by Crippen LogP contribution is 2.41. The van der Waals surface area contributed by atoms with Gasteiger partial charge in [-0.1, -0.05) is 34.8 Å². The largest absolute Gasteiger partial charge is 0.361 e. The highest BCUT2D eigenvalue weighted by molar-refractivity contribution is 6.68. The quantitative estimate of drug-likeness (QED) is 0.495. The van der Waals surface area contributed by atoms with Crippen molar-refractivity contribution in [1.82, 2.24) is 5.48 Å². The number of halogens is 3. The van der Waals surface area contributed by atoms with Crippen molar-refractivity contribution in [2.45, 2.75) is 22.0 Å². The van der Waals surface area contributed by atoms with Crippen molar-refractivity contribution in [3.8, 4) is 0 Å². The second kappa shape index (κ2) is 5.05. The zero-order valence-corrected chi connectivity index (χ0v) is 11.6. The van der Waals surface area contributed by atoms with E-state index in [1.165, 1.54) is 24.3 Å². The van der Waals surface area contributed by atoms with Crippen molar-refractivity contribution in [3.05, 3.63) is 39.9 Å². The molecule has 6 nitrogen and oxygen atoms in total. The Bertz CT molecular complexity index is 491. The summed E-state index contributed by atoms with van der Waals surface area (Å²) in [6.07, 6.45) is 0.00130. The fourth-order valence-corrected chi connectivity index (χ4v) is 2.10. The van der Waals surface area contributed by atoms with Gasteiger partial charge in [-0.25, -0.2) is 0 Å². The van der Waals surface area contributed by atoms with E-state index in [0.29, 0.717) is 5.56 Å². The standard InChI is InChI=1S/C10H9Cl3N2O4/c11-10(12,13)8-5-9(16,19-14-8)6-1-3-7(4-2-6)15(17)18/h1-4,8,14,16H,5H2/t8-,9+/m1/s1. The molecular formula is C10H9Cl3N2O4. The number of hydroxylamine groups is 1. The number of aliphatic hydroxyl groups is 1. The summed E-state index contributed by atoms with van der Waals surface area (Å²) < 4.78 is -1.63. The molecule has 1 heterocycles. The molecule has 2 rings (SSSR count). The van der Waals surface area contributed by atoms with E-state index in [0.717, 1.165) is 0 Å². The Morgan fingerprint density at radius 1 is 1.42 bits per heavy atom. The molecule has 9 heteroatoms. The number of hydrogen-bond donors (Lipinski definition) is 2. The van der Waals surface area contributed by atoms with Crippen LogP contribution in [0.3, 0.4) is 0 Å². The Morgan fingerprint density at radius 2 is 2.00 bits per heavy atom. The lowest BCUT2D eigenvalue weighted by Crippen LogP contribution is -2.33. The average molecular weight is 328 g/mol. The molecule has 1 aromatic carbocycles. The second-order valence-electron chi connectivity index (χ2n) is 4.11. The first kappa shape index (κ1) is 14.8. The Kier molecular flexibility index (Phi) is 3.92. The van der Waals surface area contributed by atoms with Crippen molar-refractivity contribution >= 4 is 40.5 Å². The van der Waals surface area contributed by atoms with Crippen molar-refractivity contribution in [2.24, 2.45) is 0 Å². The minimum absolute atomic E-state index is 0.00130. The van der Waals surface area contributed by atoms with E-state index < -0.39 is 20.5 Å². The Hall–Kier alpha value is -0.630. The number of rotatable bonds is 2. The van der Waals surface area contributed by atoms with Crippen LogP contribution >= 0.6 is 34.8 Å². The number of hydrogen-bond acceptors (Lipinski definition) is 5. The molecule has 1 fully saturated rings. The van der Waals surface area contributed by atoms with Crippen LogP contribution in [-0.2, 0) is 10.6 Å². The number of nitrogens with zero attached hydrogens (tertiary/aromatic N) is 1. The van der Waals surface area contributed by atoms with Gasteiger partial charge in [-0.05, 0) is 12.1 Å². The van der Waals surface area contributed by atoms with Gasteiger partial charge in [0, 0.05) is 24.1 Å². The molecule has 0 saturated carbocycles. The highest BCUT2D eigenvalue weighted by Gasteiger charge is 2.48. The smallest absolute Gasteiger partial charge is 0.269 e. The van der Waals surface area contributed by atoms with Crippen molar-refractivity contribution < 1.29 is 14.9 Å². The lowest BCUT2D eigenvalue weighted by Gasteiger charge is -2.21. The van der Waals surface area contributed by atoms with Crippen molar-refractivity contribution in [1.29, 1.82) is 0 Å². The van der Waals surface area contributed by atoms with E-state index >= 15 is 0 Å². The zero-order valence-electron chi connectivity index (χ0n) is 9.35. The summed E-state index contributed by atoms with van der Waals surface area (Å²) >= 11 is 17.1. The van der Waals surface area contributed by atoms with Crippen molar-refractivity contribution in [3.63, 3.8) is 0 Å². The number of nitrogens with one attached hydrogen (secondary N) is 1. The van der Waals surface area contributed by atoms with Gasteiger partial charge in [0.1, 0.15) is 0 Å². The Morgan fingerprint density at radius 3 is 2.42 bits per heavy atom. The second-order valence-corrected chi connectivity index (χ2v) is 6.48. The minimum Gasteiger partial charge on any atom is -0.361 e. The number of nitro groups is 1. The summed E-state index contributed by atoms with van der Waals surface area (Å²) in [5.74, 6) is -1.69. The number of non-ortho nitro benzene ring substituents is 1. The molecule has 0 amide bonds. The van der Waals surface area contributed by atoms with Gasteiger partial charge >= 0.3 is 0 Å². The van der Waals surface area contributed by atoms with E-state index in [4.69, 9.17) is 39.6 Å². The summed E-state index contributed by atoms with van der Waals surface area (Å²) in [7, 11) is 0. The molecule has 1 saturated heterocycles. The molecule has 1 aromatic rings. The number of nitro benzene ring substituents is 1. The predicted octanol–water partition coefficient (Wildman–Crippen LogP) is 2.40. The third-order valence-electron chi connectivity index (χ3n) is 2.78. The SMILES string of the molecule is O=[N+]([O-])c1ccc([C@]2(O)C[C@H](C(Cl)(Cl)Cl)NO2)cc1. The van der Waals surface area contributed by atoms with Gasteiger partial charge in [0.2, 0.25) is 9.58 Å². The summed E-state index contributed by atoms with van der Waals surface area (Å²) in [4.78, 5) is 15.1. The third-order valence-corrected chi connectivity index (χ3v) is 3.57. The van der Waals surface area contributed by atoms with E-state index in [1.807, 2.05) is 0 Å². The van der Waals surface area contributed by atoms with Gasteiger partial charge < -0.3 is 5.11 Å². The van der Waals surface area contributed by atoms with Gasteiger partial charge in [-0.2, -0.15) is 5.48 Å². The topological polar surface area (TPSA) is 84.6 Å². The maximum atomic E-state index is 10.5. The summed E-state index contributed by atoms with van der Waals surface area (Å²) in [6.45, 7) is 0. The van der Waals surface area contributed by atoms with Gasteiger partial charge in [0.05, 0.1) is 11.0 Å². The predicted molar refractivity (Wildman–Crippen MR) is 69.9 cm³/mol. The first-order chi connectivity index (χ1) is 8.72. The fraction of sp³-hybridized carbons (Fsp3) is 0.400. The molecule has 1 aliphatic rings. The fourth-order valence-electron chi connectivity index (χ4n) is 1.73. The minimum atomic E-state index is -1.69. The van der Waals surface area contributed by atoms with Crippen LogP contribution in [0.4, 0.5) is 5.69 Å². The lowest BCUT2D eigenvalue weighted by molar-refractivity contribution is -0.384. The third kappa shape index (κ3) is 3.10. The lowest BCUT2D eigenvalue weighted by atomic mass is 10.00. The van der Waals surface area contributed by atoms with Crippen LogP contribution in [0.25, 0.3) is 0 Å². The van der Waals surface area contributed by atoms with Crippen LogP contribution < -0.4 is 5.48 Å². The molecule has 0 radical (unpaired) electrons. The van der Waals surface area contributed by atoms with E-state index in [-0.39, 0.29) is 12.1 Å². The van der Waals surface area contributed by atoms with Crippen LogP contribution in [0.2, 0.25) is 0 Å². The van der Waals surface area contributed by atoms with Crippen LogP contribution in [0.1, 0.15) is 12.0 Å². The molecule has 2 atom stereocenters. The molecule has 0 aromatic heterocycles. The van der Waals surface area contributed by atoms with E-state index in [9.17, 15) is 15.2 Å². The maximum absolute atomic E-state index is 10.5. The first-order valence-corrected chi connectivity index (χ1v) is 6.33. The van der Waals surface area contributed by atoms with Crippen LogP contribution in [0.15, 0.2) is 24.3 Å². The number of benzene rings is 1. The molecule has 1 aliphatic heterocycles. The van der Waals surface area contributed by atoms with Crippen LogP contribution in [0, 0.1) is 10.1 Å². The monoisotopic (exact) mass is 326 g/mol. The molecular weight excluding hydrogens is 318 g/mol. The molecule has 19 heavy (non-hydrogen) atoms. The van der Waals surface area contributed by atoms with Gasteiger partial charge in [-0.15, -0.1) is 0 Å². The number of alkyl halides is 3. The normalized spacial score (nSPS) is 27.5. The average Bonchev–Trinajstić information content (AvgIpc) is 2.73. The Labute approximate surface area is 123 Å². The molecule has 0 bridgehead atoms. The molecule has 2 N–H and O–H groups in total. The summed E-state index contributed by atoms with van der Waals surface area (Å²) in [5, 5.41) is 20.8. The summed E-state index contributed by atoms with van der Waals surface area (Å²) in [6, 6.07) is 4.61. The van der Waals surface area contributed by atoms with Gasteiger partial charge in [0.25, 0.3) is 5.69 Å². The van der Waals surface area contributed by atoms with E-state index in [1.54, 1.807) is 0 Å². The summed E-state index contributed by atoms with van der Waals surface area (Å²) in [5.41, 5.74) is 2.69.